The van der Waals surface area contributed by atoms with Crippen molar-refractivity contribution < 1.29 is 17.9 Å². The van der Waals surface area contributed by atoms with E-state index in [0.29, 0.717) is 29.2 Å². The third-order valence-corrected chi connectivity index (χ3v) is 8.16. The van der Waals surface area contributed by atoms with Gasteiger partial charge in [-0.25, -0.2) is 9.67 Å². The van der Waals surface area contributed by atoms with Crippen LogP contribution in [0.1, 0.15) is 55.0 Å². The smallest absolute Gasteiger partial charge is 0.416 e. The molecule has 1 saturated carbocycles. The van der Waals surface area contributed by atoms with Crippen LogP contribution in [0.3, 0.4) is 0 Å². The van der Waals surface area contributed by atoms with Crippen molar-refractivity contribution in [3.05, 3.63) is 59.5 Å². The zero-order valence-corrected chi connectivity index (χ0v) is 20.8. The molecule has 1 aromatic carbocycles. The molecule has 0 spiro atoms. The maximum atomic E-state index is 13.4. The Bertz CT molecular complexity index is 1250. The van der Waals surface area contributed by atoms with Crippen LogP contribution in [-0.4, -0.2) is 46.0 Å². The summed E-state index contributed by atoms with van der Waals surface area (Å²) >= 11 is 0. The third-order valence-electron chi connectivity index (χ3n) is 8.16. The summed E-state index contributed by atoms with van der Waals surface area (Å²) < 4.78 is 47.3. The van der Waals surface area contributed by atoms with Crippen LogP contribution in [0, 0.1) is 11.8 Å². The molecule has 2 aliphatic heterocycles. The van der Waals surface area contributed by atoms with E-state index in [4.69, 9.17) is 14.8 Å². The summed E-state index contributed by atoms with van der Waals surface area (Å²) in [5.41, 5.74) is 1.16. The quantitative estimate of drug-likeness (QED) is 0.498. The number of nitrogens with zero attached hydrogens (tertiary/aromatic N) is 5. The Kier molecular flexibility index (Phi) is 6.20. The number of halogens is 3. The first-order valence-corrected chi connectivity index (χ1v) is 13.0. The van der Waals surface area contributed by atoms with Gasteiger partial charge in [-0.1, -0.05) is 24.6 Å². The molecule has 6 rings (SSSR count). The van der Waals surface area contributed by atoms with Gasteiger partial charge in [-0.3, -0.25) is 0 Å². The van der Waals surface area contributed by atoms with Gasteiger partial charge in [0.15, 0.2) is 0 Å². The number of fused-ring (bicyclic) bond motifs is 3. The summed E-state index contributed by atoms with van der Waals surface area (Å²) in [7, 11) is 1.63. The van der Waals surface area contributed by atoms with Crippen molar-refractivity contribution in [1.82, 2.24) is 19.7 Å². The van der Waals surface area contributed by atoms with Gasteiger partial charge in [0.2, 0.25) is 11.8 Å². The number of nitrogens with one attached hydrogen (secondary N) is 1. The van der Waals surface area contributed by atoms with E-state index in [1.54, 1.807) is 19.4 Å². The topological polar surface area (TPSA) is 68.1 Å². The van der Waals surface area contributed by atoms with Gasteiger partial charge in [0.1, 0.15) is 5.82 Å². The average molecular weight is 513 g/mol. The van der Waals surface area contributed by atoms with Gasteiger partial charge in [-0.2, -0.15) is 18.2 Å². The van der Waals surface area contributed by atoms with Crippen molar-refractivity contribution in [2.45, 2.75) is 56.8 Å². The number of piperidine rings is 1. The highest BCUT2D eigenvalue weighted by molar-refractivity contribution is 5.49. The number of alkyl halides is 3. The van der Waals surface area contributed by atoms with Gasteiger partial charge >= 0.3 is 6.18 Å². The van der Waals surface area contributed by atoms with Gasteiger partial charge in [0.25, 0.3) is 0 Å². The molecule has 3 aliphatic rings. The van der Waals surface area contributed by atoms with E-state index < -0.39 is 11.7 Å². The number of methoxy groups -OCH3 is 1. The third kappa shape index (κ3) is 4.73. The van der Waals surface area contributed by atoms with Crippen LogP contribution in [0.5, 0.6) is 5.88 Å². The second-order valence-electron chi connectivity index (χ2n) is 10.4. The lowest BCUT2D eigenvalue weighted by Gasteiger charge is -2.39. The zero-order valence-electron chi connectivity index (χ0n) is 20.8. The summed E-state index contributed by atoms with van der Waals surface area (Å²) in [6, 6.07) is 9.95. The second-order valence-corrected chi connectivity index (χ2v) is 10.4. The van der Waals surface area contributed by atoms with E-state index in [-0.39, 0.29) is 12.0 Å². The number of ether oxygens (including phenoxy) is 1. The molecular weight excluding hydrogens is 481 g/mol. The SMILES string of the molecule is COc1cc(N2C[C@H]3CC[C@@H](C2)[C@H]3Nc2nc3n(n2)CCCC[C@H]3c2cccc(C(F)(F)F)c2)ccn1. The number of benzene rings is 1. The van der Waals surface area contributed by atoms with Gasteiger partial charge in [0, 0.05) is 49.5 Å². The first-order chi connectivity index (χ1) is 17.9. The summed E-state index contributed by atoms with van der Waals surface area (Å²) in [6.45, 7) is 2.60. The Morgan fingerprint density at radius 3 is 2.59 bits per heavy atom. The standard InChI is InChI=1S/C27H31F3N6O/c1-37-23-14-21(10-11-31-23)35-15-18-8-9-19(16-35)24(18)32-26-33-25-22(7-2-3-12-36(25)34-26)17-5-4-6-20(13-17)27(28,29)30/h4-6,10-11,13-14,18-19,22,24H,2-3,7-9,12,15-16H2,1H3,(H,32,34)/t18-,19+,22-,24+/m0/s1. The number of anilines is 2. The van der Waals surface area contributed by atoms with Crippen molar-refractivity contribution in [3.8, 4) is 5.88 Å². The number of hydrogen-bond acceptors (Lipinski definition) is 6. The number of rotatable bonds is 5. The van der Waals surface area contributed by atoms with Gasteiger partial charge in [-0.05, 0) is 55.2 Å². The molecule has 7 nitrogen and oxygen atoms in total. The molecule has 2 bridgehead atoms. The number of aromatic nitrogens is 4. The molecule has 0 unspecified atom stereocenters. The molecule has 37 heavy (non-hydrogen) atoms. The molecule has 2 aromatic heterocycles. The van der Waals surface area contributed by atoms with Crippen LogP contribution in [-0.2, 0) is 12.7 Å². The van der Waals surface area contributed by atoms with Crippen LogP contribution >= 0.6 is 0 Å². The van der Waals surface area contributed by atoms with E-state index in [1.165, 1.54) is 12.1 Å². The predicted molar refractivity (Wildman–Crippen MR) is 134 cm³/mol. The lowest BCUT2D eigenvalue weighted by atomic mass is 9.91. The molecule has 4 atom stereocenters. The van der Waals surface area contributed by atoms with E-state index >= 15 is 0 Å². The summed E-state index contributed by atoms with van der Waals surface area (Å²) in [5, 5.41) is 8.42. The molecule has 1 N–H and O–H groups in total. The monoisotopic (exact) mass is 512 g/mol. The minimum absolute atomic E-state index is 0.201. The summed E-state index contributed by atoms with van der Waals surface area (Å²) in [4.78, 5) is 11.5. The molecule has 0 amide bonds. The zero-order chi connectivity index (χ0) is 25.6. The van der Waals surface area contributed by atoms with E-state index in [2.05, 4.69) is 15.2 Å². The fraction of sp³-hybridized carbons (Fsp3) is 0.519. The fourth-order valence-corrected chi connectivity index (χ4v) is 6.35. The van der Waals surface area contributed by atoms with Gasteiger partial charge < -0.3 is 15.0 Å². The maximum Gasteiger partial charge on any atom is 0.416 e. The normalized spacial score (nSPS) is 25.5. The molecule has 10 heteroatoms. The molecule has 0 radical (unpaired) electrons. The van der Waals surface area contributed by atoms with Crippen molar-refractivity contribution >= 4 is 11.6 Å². The molecule has 3 aromatic rings. The van der Waals surface area contributed by atoms with Gasteiger partial charge in [-0.15, -0.1) is 5.10 Å². The Morgan fingerprint density at radius 1 is 1.03 bits per heavy atom. The molecule has 1 saturated heterocycles. The minimum atomic E-state index is -4.36. The largest absolute Gasteiger partial charge is 0.481 e. The Morgan fingerprint density at radius 2 is 1.84 bits per heavy atom. The Hall–Kier alpha value is -3.30. The summed E-state index contributed by atoms with van der Waals surface area (Å²) in [6.07, 6.45) is 2.32. The lowest BCUT2D eigenvalue weighted by Crippen LogP contribution is -2.48. The predicted octanol–water partition coefficient (Wildman–Crippen LogP) is 5.34. The van der Waals surface area contributed by atoms with Crippen molar-refractivity contribution in [2.24, 2.45) is 11.8 Å². The van der Waals surface area contributed by atoms with Crippen molar-refractivity contribution in [1.29, 1.82) is 0 Å². The fourth-order valence-electron chi connectivity index (χ4n) is 6.35. The van der Waals surface area contributed by atoms with Crippen LogP contribution in [0.15, 0.2) is 42.6 Å². The molecule has 1 aliphatic carbocycles. The number of pyridine rings is 1. The highest BCUT2D eigenvalue weighted by Gasteiger charge is 2.43. The number of hydrogen-bond donors (Lipinski definition) is 1. The first-order valence-electron chi connectivity index (χ1n) is 13.0. The van der Waals surface area contributed by atoms with E-state index in [0.717, 1.165) is 69.3 Å². The van der Waals surface area contributed by atoms with Crippen LogP contribution in [0.4, 0.5) is 24.8 Å². The van der Waals surface area contributed by atoms with Crippen molar-refractivity contribution in [2.75, 3.05) is 30.4 Å². The molecule has 4 heterocycles. The Balaban J connectivity index is 1.21. The second kappa shape index (κ2) is 9.54. The molecule has 196 valence electrons. The van der Waals surface area contributed by atoms with Gasteiger partial charge in [0.05, 0.1) is 12.7 Å². The highest BCUT2D eigenvalue weighted by atomic mass is 19.4. The minimum Gasteiger partial charge on any atom is -0.481 e. The van der Waals surface area contributed by atoms with E-state index in [1.807, 2.05) is 16.8 Å². The molecule has 2 fully saturated rings. The Labute approximate surface area is 214 Å². The lowest BCUT2D eigenvalue weighted by molar-refractivity contribution is -0.137. The van der Waals surface area contributed by atoms with Crippen LogP contribution in [0.2, 0.25) is 0 Å². The maximum absolute atomic E-state index is 13.4. The average Bonchev–Trinajstić information content (AvgIpc) is 3.30. The highest BCUT2D eigenvalue weighted by Crippen LogP contribution is 2.41. The van der Waals surface area contributed by atoms with E-state index in [9.17, 15) is 13.2 Å². The van der Waals surface area contributed by atoms with Crippen molar-refractivity contribution in [3.63, 3.8) is 0 Å². The first kappa shape index (κ1) is 24.1. The van der Waals surface area contributed by atoms with Crippen LogP contribution in [0.25, 0.3) is 0 Å². The molecular formula is C27H31F3N6O. The van der Waals surface area contributed by atoms with Crippen LogP contribution < -0.4 is 15.0 Å². The number of aryl methyl sites for hydroxylation is 1. The summed E-state index contributed by atoms with van der Waals surface area (Å²) in [5.74, 6) is 2.68.